The molecule has 2 aromatic carbocycles. The summed E-state index contributed by atoms with van der Waals surface area (Å²) in [5, 5.41) is 4.00. The van der Waals surface area contributed by atoms with E-state index in [9.17, 15) is 4.79 Å². The highest BCUT2D eigenvalue weighted by Gasteiger charge is 2.14. The molecule has 0 fully saturated rings. The molecule has 0 unspecified atom stereocenters. The largest absolute Gasteiger partial charge is 0.441 e. The number of fused-ring (bicyclic) bond motifs is 1. The fourth-order valence-corrected chi connectivity index (χ4v) is 3.30. The van der Waals surface area contributed by atoms with Gasteiger partial charge < -0.3 is 8.98 Å². The number of benzene rings is 2. The van der Waals surface area contributed by atoms with Crippen molar-refractivity contribution in [3.8, 4) is 11.3 Å². The Labute approximate surface area is 171 Å². The molecule has 0 saturated carbocycles. The molecule has 142 valence electrons. The Morgan fingerprint density at radius 3 is 2.86 bits per heavy atom. The molecule has 0 atom stereocenters. The molecule has 0 saturated heterocycles. The zero-order chi connectivity index (χ0) is 19.7. The van der Waals surface area contributed by atoms with Crippen LogP contribution in [0.25, 0.3) is 22.4 Å². The van der Waals surface area contributed by atoms with Gasteiger partial charge in [0.25, 0.3) is 0 Å². The Morgan fingerprint density at radius 1 is 1.21 bits per heavy atom. The Morgan fingerprint density at radius 2 is 2.04 bits per heavy atom. The number of oxazole rings is 1. The second kappa shape index (κ2) is 7.66. The van der Waals surface area contributed by atoms with Crippen molar-refractivity contribution in [3.05, 3.63) is 64.6 Å². The van der Waals surface area contributed by atoms with Crippen LogP contribution in [0.3, 0.4) is 0 Å². The van der Waals surface area contributed by atoms with Crippen molar-refractivity contribution in [1.82, 2.24) is 14.5 Å². The summed E-state index contributed by atoms with van der Waals surface area (Å²) >= 11 is 12.2. The molecule has 0 aliphatic heterocycles. The highest BCUT2D eigenvalue weighted by atomic mass is 35.5. The van der Waals surface area contributed by atoms with Crippen LogP contribution in [0.15, 0.2) is 53.1 Å². The van der Waals surface area contributed by atoms with Crippen LogP contribution in [-0.2, 0) is 18.3 Å². The van der Waals surface area contributed by atoms with E-state index in [1.54, 1.807) is 24.4 Å². The summed E-state index contributed by atoms with van der Waals surface area (Å²) in [5.74, 6) is 1.34. The summed E-state index contributed by atoms with van der Waals surface area (Å²) in [7, 11) is 1.84. The van der Waals surface area contributed by atoms with Gasteiger partial charge in [0.05, 0.1) is 22.3 Å². The maximum atomic E-state index is 12.3. The molecule has 2 heterocycles. The van der Waals surface area contributed by atoms with Crippen LogP contribution >= 0.6 is 23.2 Å². The molecule has 0 radical (unpaired) electrons. The van der Waals surface area contributed by atoms with Crippen molar-refractivity contribution >= 4 is 46.1 Å². The highest BCUT2D eigenvalue weighted by molar-refractivity contribution is 6.33. The lowest BCUT2D eigenvalue weighted by molar-refractivity contribution is -0.116. The Bertz CT molecular complexity index is 1170. The number of nitrogens with zero attached hydrogens (tertiary/aromatic N) is 3. The molecular weight excluding hydrogens is 399 g/mol. The van der Waals surface area contributed by atoms with E-state index in [1.807, 2.05) is 35.9 Å². The maximum Gasteiger partial charge on any atom is 0.227 e. The summed E-state index contributed by atoms with van der Waals surface area (Å²) in [4.78, 5) is 21.0. The van der Waals surface area contributed by atoms with Gasteiger partial charge in [-0.25, -0.2) is 9.97 Å². The Balaban J connectivity index is 1.42. The van der Waals surface area contributed by atoms with Crippen LogP contribution in [-0.4, -0.2) is 20.4 Å². The molecule has 2 aromatic heterocycles. The lowest BCUT2D eigenvalue weighted by Crippen LogP contribution is -2.15. The standard InChI is InChI=1S/C20H16Cl2N4O2/c1-26-16-7-6-12(21)10-15(16)24-20(26)25-18(27)8-9-19-23-11-17(28-19)13-4-2-3-5-14(13)22/h2-7,10-11H,8-9H2,1H3,(H,24,25,27). The van der Waals surface area contributed by atoms with Gasteiger partial charge in [-0.2, -0.15) is 0 Å². The van der Waals surface area contributed by atoms with Gasteiger partial charge in [0.15, 0.2) is 11.7 Å². The molecule has 0 spiro atoms. The summed E-state index contributed by atoms with van der Waals surface area (Å²) in [6.07, 6.45) is 2.20. The van der Waals surface area contributed by atoms with Crippen molar-refractivity contribution < 1.29 is 9.21 Å². The van der Waals surface area contributed by atoms with Gasteiger partial charge in [0.1, 0.15) is 0 Å². The number of halogens is 2. The van der Waals surface area contributed by atoms with Crippen LogP contribution in [0.1, 0.15) is 12.3 Å². The second-order valence-electron chi connectivity index (χ2n) is 6.27. The molecule has 4 rings (SSSR count). The number of carbonyl (C=O) groups excluding carboxylic acids is 1. The van der Waals surface area contributed by atoms with E-state index in [4.69, 9.17) is 27.6 Å². The molecule has 1 amide bonds. The lowest BCUT2D eigenvalue weighted by Gasteiger charge is -2.04. The van der Waals surface area contributed by atoms with Crippen LogP contribution in [0, 0.1) is 0 Å². The van der Waals surface area contributed by atoms with Gasteiger partial charge >= 0.3 is 0 Å². The topological polar surface area (TPSA) is 73.0 Å². The first-order chi connectivity index (χ1) is 13.5. The third kappa shape index (κ3) is 3.74. The molecular formula is C20H16Cl2N4O2. The fraction of sp³-hybridized carbons (Fsp3) is 0.150. The molecule has 28 heavy (non-hydrogen) atoms. The first-order valence-corrected chi connectivity index (χ1v) is 9.38. The van der Waals surface area contributed by atoms with Crippen molar-refractivity contribution in [1.29, 1.82) is 0 Å². The minimum Gasteiger partial charge on any atom is -0.441 e. The number of aromatic nitrogens is 3. The average Bonchev–Trinajstić information content (AvgIpc) is 3.25. The van der Waals surface area contributed by atoms with E-state index < -0.39 is 0 Å². The van der Waals surface area contributed by atoms with Crippen molar-refractivity contribution in [3.63, 3.8) is 0 Å². The summed E-state index contributed by atoms with van der Waals surface area (Å²) in [6.45, 7) is 0. The second-order valence-corrected chi connectivity index (χ2v) is 7.12. The smallest absolute Gasteiger partial charge is 0.227 e. The zero-order valence-corrected chi connectivity index (χ0v) is 16.5. The van der Waals surface area contributed by atoms with Gasteiger partial charge in [0.2, 0.25) is 11.9 Å². The van der Waals surface area contributed by atoms with Crippen LogP contribution < -0.4 is 5.32 Å². The van der Waals surface area contributed by atoms with Crippen LogP contribution in [0.5, 0.6) is 0 Å². The minimum absolute atomic E-state index is 0.179. The first kappa shape index (κ1) is 18.5. The number of imidazole rings is 1. The molecule has 1 N–H and O–H groups in total. The predicted octanol–water partition coefficient (Wildman–Crippen LogP) is 5.11. The summed E-state index contributed by atoms with van der Waals surface area (Å²) < 4.78 is 7.53. The Kier molecular flexibility index (Phi) is 5.07. The Hall–Kier alpha value is -2.83. The van der Waals surface area contributed by atoms with Gasteiger partial charge in [-0.3, -0.25) is 10.1 Å². The number of amides is 1. The first-order valence-electron chi connectivity index (χ1n) is 8.62. The quantitative estimate of drug-likeness (QED) is 0.492. The molecule has 0 aliphatic rings. The van der Waals surface area contributed by atoms with E-state index in [0.717, 1.165) is 16.6 Å². The number of anilines is 1. The molecule has 4 aromatic rings. The third-order valence-electron chi connectivity index (χ3n) is 4.35. The molecule has 0 bridgehead atoms. The molecule has 6 nitrogen and oxygen atoms in total. The van der Waals surface area contributed by atoms with Gasteiger partial charge in [-0.05, 0) is 30.3 Å². The lowest BCUT2D eigenvalue weighted by atomic mass is 10.2. The number of aryl methyl sites for hydroxylation is 2. The minimum atomic E-state index is -0.179. The predicted molar refractivity (Wildman–Crippen MR) is 110 cm³/mol. The van der Waals surface area contributed by atoms with Crippen LogP contribution in [0.2, 0.25) is 10.0 Å². The average molecular weight is 415 g/mol. The van der Waals surface area contributed by atoms with Crippen molar-refractivity contribution in [2.75, 3.05) is 5.32 Å². The van der Waals surface area contributed by atoms with E-state index in [-0.39, 0.29) is 12.3 Å². The van der Waals surface area contributed by atoms with E-state index >= 15 is 0 Å². The number of hydrogen-bond donors (Lipinski definition) is 1. The molecule has 0 aliphatic carbocycles. The van der Waals surface area contributed by atoms with Crippen LogP contribution in [0.4, 0.5) is 5.95 Å². The van der Waals surface area contributed by atoms with E-state index in [0.29, 0.717) is 34.1 Å². The summed E-state index contributed by atoms with van der Waals surface area (Å²) in [6, 6.07) is 12.8. The van der Waals surface area contributed by atoms with Gasteiger partial charge in [-0.1, -0.05) is 35.3 Å². The maximum absolute atomic E-state index is 12.3. The molecule has 8 heteroatoms. The third-order valence-corrected chi connectivity index (χ3v) is 4.92. The summed E-state index contributed by atoms with van der Waals surface area (Å²) in [5.41, 5.74) is 2.38. The number of nitrogens with one attached hydrogen (secondary N) is 1. The number of hydrogen-bond acceptors (Lipinski definition) is 4. The van der Waals surface area contributed by atoms with Crippen molar-refractivity contribution in [2.24, 2.45) is 7.05 Å². The van der Waals surface area contributed by atoms with Gasteiger partial charge in [0, 0.05) is 30.5 Å². The van der Waals surface area contributed by atoms with Crippen molar-refractivity contribution in [2.45, 2.75) is 12.8 Å². The van der Waals surface area contributed by atoms with Gasteiger partial charge in [-0.15, -0.1) is 0 Å². The van der Waals surface area contributed by atoms with E-state index in [2.05, 4.69) is 15.3 Å². The fourth-order valence-electron chi connectivity index (χ4n) is 2.90. The zero-order valence-electron chi connectivity index (χ0n) is 14.9. The normalized spacial score (nSPS) is 11.1. The SMILES string of the molecule is Cn1c(NC(=O)CCc2ncc(-c3ccccc3Cl)o2)nc2cc(Cl)ccc21. The number of rotatable bonds is 5. The van der Waals surface area contributed by atoms with E-state index in [1.165, 1.54) is 0 Å². The highest BCUT2D eigenvalue weighted by Crippen LogP contribution is 2.28. The monoisotopic (exact) mass is 414 g/mol. The number of carbonyl (C=O) groups is 1.